The molecule has 8 heteroatoms. The summed E-state index contributed by atoms with van der Waals surface area (Å²) in [5.74, 6) is -0.673. The fourth-order valence-electron chi connectivity index (χ4n) is 3.76. The standard InChI is InChI=1S/C20H20FN3O4/c21-14-5-4-13-6-7-20(28-16(13)12-14)8-10-24(11-9-20)19(27)23-17-3-1-2-15(22-17)18(25)26/h1-5,12H,6-11H2,(H,25,26)(H,22,23,27). The minimum Gasteiger partial charge on any atom is -0.487 e. The Morgan fingerprint density at radius 1 is 1.18 bits per heavy atom. The lowest BCUT2D eigenvalue weighted by Gasteiger charge is -2.44. The van der Waals surface area contributed by atoms with Gasteiger partial charge >= 0.3 is 12.0 Å². The van der Waals surface area contributed by atoms with Gasteiger partial charge in [0.05, 0.1) is 0 Å². The van der Waals surface area contributed by atoms with E-state index < -0.39 is 5.97 Å². The Hall–Kier alpha value is -3.16. The smallest absolute Gasteiger partial charge is 0.354 e. The van der Waals surface area contributed by atoms with E-state index in [1.807, 2.05) is 0 Å². The Labute approximate surface area is 161 Å². The molecule has 1 aromatic heterocycles. The summed E-state index contributed by atoms with van der Waals surface area (Å²) in [6.07, 6.45) is 2.97. The van der Waals surface area contributed by atoms with E-state index in [4.69, 9.17) is 9.84 Å². The minimum atomic E-state index is -1.15. The summed E-state index contributed by atoms with van der Waals surface area (Å²) < 4.78 is 19.7. The summed E-state index contributed by atoms with van der Waals surface area (Å²) >= 11 is 0. The van der Waals surface area contributed by atoms with E-state index >= 15 is 0 Å². The molecular formula is C20H20FN3O4. The van der Waals surface area contributed by atoms with Crippen molar-refractivity contribution < 1.29 is 23.8 Å². The first-order chi connectivity index (χ1) is 13.4. The highest BCUT2D eigenvalue weighted by atomic mass is 19.1. The number of amides is 2. The zero-order valence-corrected chi connectivity index (χ0v) is 15.2. The fraction of sp³-hybridized carbons (Fsp3) is 0.350. The van der Waals surface area contributed by atoms with Crippen molar-refractivity contribution in [2.75, 3.05) is 18.4 Å². The van der Waals surface area contributed by atoms with Crippen molar-refractivity contribution in [1.82, 2.24) is 9.88 Å². The van der Waals surface area contributed by atoms with Crippen LogP contribution in [0, 0.1) is 5.82 Å². The number of piperidine rings is 1. The largest absolute Gasteiger partial charge is 0.487 e. The van der Waals surface area contributed by atoms with Gasteiger partial charge in [0.15, 0.2) is 5.69 Å². The average Bonchev–Trinajstić information content (AvgIpc) is 2.68. The molecule has 28 heavy (non-hydrogen) atoms. The van der Waals surface area contributed by atoms with Crippen molar-refractivity contribution in [1.29, 1.82) is 0 Å². The van der Waals surface area contributed by atoms with E-state index in [-0.39, 0.29) is 29.0 Å². The van der Waals surface area contributed by atoms with Gasteiger partial charge in [-0.3, -0.25) is 5.32 Å². The topological polar surface area (TPSA) is 91.8 Å². The van der Waals surface area contributed by atoms with E-state index in [9.17, 15) is 14.0 Å². The zero-order valence-electron chi connectivity index (χ0n) is 15.2. The SMILES string of the molecule is O=C(O)c1cccc(NC(=O)N2CCC3(CCc4ccc(F)cc4O3)CC2)n1. The molecule has 3 heterocycles. The number of ether oxygens (including phenoxy) is 1. The predicted octanol–water partition coefficient (Wildman–Crippen LogP) is 3.31. The van der Waals surface area contributed by atoms with Crippen LogP contribution in [0.15, 0.2) is 36.4 Å². The van der Waals surface area contributed by atoms with Crippen LogP contribution in [0.3, 0.4) is 0 Å². The van der Waals surface area contributed by atoms with Crippen LogP contribution in [0.25, 0.3) is 0 Å². The molecule has 0 radical (unpaired) electrons. The number of carboxylic acids is 1. The zero-order chi connectivity index (χ0) is 19.7. The van der Waals surface area contributed by atoms with Crippen molar-refractivity contribution in [2.24, 2.45) is 0 Å². The van der Waals surface area contributed by atoms with E-state index in [0.29, 0.717) is 31.7 Å². The molecule has 2 aromatic rings. The van der Waals surface area contributed by atoms with Gasteiger partial charge in [-0.05, 0) is 36.6 Å². The molecule has 1 aromatic carbocycles. The van der Waals surface area contributed by atoms with Crippen LogP contribution < -0.4 is 10.1 Å². The summed E-state index contributed by atoms with van der Waals surface area (Å²) in [5, 5.41) is 11.6. The van der Waals surface area contributed by atoms with Gasteiger partial charge in [-0.2, -0.15) is 0 Å². The third-order valence-electron chi connectivity index (χ3n) is 5.37. The molecule has 2 amide bonds. The maximum absolute atomic E-state index is 13.5. The quantitative estimate of drug-likeness (QED) is 0.828. The molecule has 1 fully saturated rings. The Bertz CT molecular complexity index is 925. The molecule has 7 nitrogen and oxygen atoms in total. The first kappa shape index (κ1) is 18.2. The number of carbonyl (C=O) groups excluding carboxylic acids is 1. The Morgan fingerprint density at radius 3 is 2.71 bits per heavy atom. The number of benzene rings is 1. The molecule has 4 rings (SSSR count). The minimum absolute atomic E-state index is 0.128. The molecule has 0 atom stereocenters. The number of nitrogens with one attached hydrogen (secondary N) is 1. The second-order valence-electron chi connectivity index (χ2n) is 7.17. The van der Waals surface area contributed by atoms with Gasteiger partial charge in [-0.15, -0.1) is 0 Å². The van der Waals surface area contributed by atoms with Gasteiger partial charge in [0, 0.05) is 32.0 Å². The van der Waals surface area contributed by atoms with E-state index in [2.05, 4.69) is 10.3 Å². The second-order valence-corrected chi connectivity index (χ2v) is 7.17. The number of anilines is 1. The third-order valence-corrected chi connectivity index (χ3v) is 5.37. The van der Waals surface area contributed by atoms with Crippen LogP contribution in [0.2, 0.25) is 0 Å². The number of aryl methyl sites for hydroxylation is 1. The van der Waals surface area contributed by atoms with Gasteiger partial charge in [-0.1, -0.05) is 12.1 Å². The molecule has 0 aliphatic carbocycles. The van der Waals surface area contributed by atoms with Crippen molar-refractivity contribution in [3.63, 3.8) is 0 Å². The molecule has 146 valence electrons. The molecule has 0 bridgehead atoms. The first-order valence-electron chi connectivity index (χ1n) is 9.18. The Morgan fingerprint density at radius 2 is 1.96 bits per heavy atom. The second kappa shape index (κ2) is 7.10. The van der Waals surface area contributed by atoms with Crippen molar-refractivity contribution in [2.45, 2.75) is 31.3 Å². The summed E-state index contributed by atoms with van der Waals surface area (Å²) in [5.41, 5.74) is 0.507. The Balaban J connectivity index is 1.38. The highest BCUT2D eigenvalue weighted by Crippen LogP contribution is 2.39. The summed E-state index contributed by atoms with van der Waals surface area (Å²) in [4.78, 5) is 29.1. The molecule has 1 saturated heterocycles. The number of aromatic carboxylic acids is 1. The lowest BCUT2D eigenvalue weighted by atomic mass is 9.83. The third kappa shape index (κ3) is 3.62. The highest BCUT2D eigenvalue weighted by Gasteiger charge is 2.40. The van der Waals surface area contributed by atoms with Crippen molar-refractivity contribution in [3.05, 3.63) is 53.5 Å². The van der Waals surface area contributed by atoms with Gasteiger partial charge in [0.25, 0.3) is 0 Å². The van der Waals surface area contributed by atoms with Gasteiger partial charge in [0.2, 0.25) is 0 Å². The van der Waals surface area contributed by atoms with Crippen molar-refractivity contribution >= 4 is 17.8 Å². The van der Waals surface area contributed by atoms with Gasteiger partial charge in [0.1, 0.15) is 23.0 Å². The lowest BCUT2D eigenvalue weighted by Crippen LogP contribution is -2.52. The summed E-state index contributed by atoms with van der Waals surface area (Å²) in [6, 6.07) is 8.75. The van der Waals surface area contributed by atoms with Crippen LogP contribution in [0.1, 0.15) is 35.3 Å². The van der Waals surface area contributed by atoms with E-state index in [0.717, 1.165) is 18.4 Å². The van der Waals surface area contributed by atoms with Gasteiger partial charge in [-0.25, -0.2) is 19.0 Å². The number of pyridine rings is 1. The van der Waals surface area contributed by atoms with Gasteiger partial charge < -0.3 is 14.7 Å². The number of carboxylic acid groups (broad SMARTS) is 1. The molecule has 2 aliphatic rings. The molecule has 0 saturated carbocycles. The summed E-state index contributed by atoms with van der Waals surface area (Å²) in [7, 11) is 0. The monoisotopic (exact) mass is 385 g/mol. The van der Waals surface area contributed by atoms with Crippen LogP contribution in [-0.4, -0.2) is 45.7 Å². The Kier molecular flexibility index (Phi) is 4.62. The maximum Gasteiger partial charge on any atom is 0.354 e. The van der Waals surface area contributed by atoms with Crippen LogP contribution in [-0.2, 0) is 6.42 Å². The number of urea groups is 1. The number of hydrogen-bond donors (Lipinski definition) is 2. The number of rotatable bonds is 2. The number of hydrogen-bond acceptors (Lipinski definition) is 4. The number of likely N-dealkylation sites (tertiary alicyclic amines) is 1. The number of aromatic nitrogens is 1. The first-order valence-corrected chi connectivity index (χ1v) is 9.18. The average molecular weight is 385 g/mol. The summed E-state index contributed by atoms with van der Waals surface area (Å²) in [6.45, 7) is 0.990. The number of halogens is 1. The van der Waals surface area contributed by atoms with Crippen LogP contribution in [0.4, 0.5) is 15.0 Å². The number of fused-ring (bicyclic) bond motifs is 1. The maximum atomic E-state index is 13.5. The normalized spacial score (nSPS) is 17.5. The van der Waals surface area contributed by atoms with E-state index in [1.165, 1.54) is 24.3 Å². The van der Waals surface area contributed by atoms with Crippen molar-refractivity contribution in [3.8, 4) is 5.75 Å². The fourth-order valence-corrected chi connectivity index (χ4v) is 3.76. The molecular weight excluding hydrogens is 365 g/mol. The molecule has 0 unspecified atom stereocenters. The number of nitrogens with zero attached hydrogens (tertiary/aromatic N) is 2. The van der Waals surface area contributed by atoms with Crippen LogP contribution in [0.5, 0.6) is 5.75 Å². The molecule has 2 N–H and O–H groups in total. The van der Waals surface area contributed by atoms with Crippen LogP contribution >= 0.6 is 0 Å². The highest BCUT2D eigenvalue weighted by molar-refractivity contribution is 5.90. The lowest BCUT2D eigenvalue weighted by molar-refractivity contribution is -0.00461. The molecule has 2 aliphatic heterocycles. The van der Waals surface area contributed by atoms with E-state index in [1.54, 1.807) is 17.0 Å². The molecule has 1 spiro atoms. The predicted molar refractivity (Wildman–Crippen MR) is 99.1 cm³/mol. The number of carbonyl (C=O) groups is 2.